The lowest BCUT2D eigenvalue weighted by molar-refractivity contribution is -0.154. The molecule has 0 aliphatic carbocycles. The minimum Gasteiger partial charge on any atom is -0.479 e. The van der Waals surface area contributed by atoms with Crippen LogP contribution in [0.5, 0.6) is 0 Å². The zero-order valence-electron chi connectivity index (χ0n) is 9.23. The van der Waals surface area contributed by atoms with Gasteiger partial charge in [0.15, 0.2) is 6.61 Å². The smallest absolute Gasteiger partial charge is 0.341 e. The number of nitrogens with one attached hydrogen (secondary N) is 1. The predicted octanol–water partition coefficient (Wildman–Crippen LogP) is -1.29. The molecule has 7 heteroatoms. The van der Waals surface area contributed by atoms with Crippen molar-refractivity contribution in [1.29, 1.82) is 0 Å². The monoisotopic (exact) mass is 232 g/mol. The van der Waals surface area contributed by atoms with E-state index >= 15 is 0 Å². The van der Waals surface area contributed by atoms with Crippen LogP contribution in [0.15, 0.2) is 0 Å². The summed E-state index contributed by atoms with van der Waals surface area (Å²) in [5.41, 5.74) is 5.51. The number of ether oxygens (including phenoxy) is 1. The van der Waals surface area contributed by atoms with E-state index in [-0.39, 0.29) is 12.5 Å². The van der Waals surface area contributed by atoms with E-state index < -0.39 is 30.5 Å². The molecular weight excluding hydrogens is 216 g/mol. The summed E-state index contributed by atoms with van der Waals surface area (Å²) in [6.45, 7) is 2.44. The fourth-order valence-electron chi connectivity index (χ4n) is 0.773. The maximum atomic E-state index is 11.3. The first-order valence-corrected chi connectivity index (χ1v) is 4.75. The number of carbonyl (C=O) groups is 3. The number of carbonyl (C=O) groups excluding carboxylic acids is 2. The molecule has 1 unspecified atom stereocenters. The van der Waals surface area contributed by atoms with Crippen LogP contribution < -0.4 is 11.1 Å². The maximum Gasteiger partial charge on any atom is 0.341 e. The van der Waals surface area contributed by atoms with E-state index in [9.17, 15) is 14.4 Å². The number of amides is 1. The number of rotatable bonds is 6. The van der Waals surface area contributed by atoms with E-state index in [1.165, 1.54) is 0 Å². The van der Waals surface area contributed by atoms with Gasteiger partial charge in [-0.15, -0.1) is 0 Å². The SMILES string of the molecule is CC(C)C(N)C(=O)NCC(=O)OCC(=O)O. The van der Waals surface area contributed by atoms with Gasteiger partial charge in [0.05, 0.1) is 6.04 Å². The summed E-state index contributed by atoms with van der Waals surface area (Å²) in [6, 6.07) is -0.702. The highest BCUT2D eigenvalue weighted by Gasteiger charge is 2.17. The van der Waals surface area contributed by atoms with Crippen LogP contribution in [0.3, 0.4) is 0 Å². The Hall–Kier alpha value is -1.63. The lowest BCUT2D eigenvalue weighted by Crippen LogP contribution is -2.45. The Morgan fingerprint density at radius 1 is 1.38 bits per heavy atom. The Morgan fingerprint density at radius 3 is 2.38 bits per heavy atom. The lowest BCUT2D eigenvalue weighted by Gasteiger charge is -2.14. The number of aliphatic carboxylic acids is 1. The Morgan fingerprint density at radius 2 is 1.94 bits per heavy atom. The van der Waals surface area contributed by atoms with Gasteiger partial charge in [-0.1, -0.05) is 13.8 Å². The van der Waals surface area contributed by atoms with Crippen molar-refractivity contribution in [3.63, 3.8) is 0 Å². The van der Waals surface area contributed by atoms with Gasteiger partial charge in [0.2, 0.25) is 5.91 Å². The van der Waals surface area contributed by atoms with Crippen LogP contribution in [0.2, 0.25) is 0 Å². The van der Waals surface area contributed by atoms with Gasteiger partial charge in [-0.3, -0.25) is 9.59 Å². The first-order valence-electron chi connectivity index (χ1n) is 4.75. The second-order valence-corrected chi connectivity index (χ2v) is 3.54. The van der Waals surface area contributed by atoms with Crippen LogP contribution in [0.25, 0.3) is 0 Å². The first kappa shape index (κ1) is 14.4. The van der Waals surface area contributed by atoms with Crippen LogP contribution in [-0.4, -0.2) is 42.1 Å². The van der Waals surface area contributed by atoms with Crippen LogP contribution >= 0.6 is 0 Å². The maximum absolute atomic E-state index is 11.3. The summed E-state index contributed by atoms with van der Waals surface area (Å²) in [5, 5.41) is 10.5. The normalized spacial score (nSPS) is 12.0. The molecule has 1 atom stereocenters. The predicted molar refractivity (Wildman–Crippen MR) is 54.4 cm³/mol. The fourth-order valence-corrected chi connectivity index (χ4v) is 0.773. The lowest BCUT2D eigenvalue weighted by atomic mass is 10.1. The molecule has 16 heavy (non-hydrogen) atoms. The van der Waals surface area contributed by atoms with Gasteiger partial charge >= 0.3 is 11.9 Å². The van der Waals surface area contributed by atoms with Crippen molar-refractivity contribution in [2.24, 2.45) is 11.7 Å². The zero-order valence-corrected chi connectivity index (χ0v) is 9.23. The van der Waals surface area contributed by atoms with Crippen LogP contribution in [-0.2, 0) is 19.1 Å². The molecule has 0 aromatic heterocycles. The average Bonchev–Trinajstić information content (AvgIpc) is 2.21. The molecule has 0 aliphatic heterocycles. The molecule has 0 rings (SSSR count). The Balaban J connectivity index is 3.83. The minimum atomic E-state index is -1.25. The van der Waals surface area contributed by atoms with Crippen molar-refractivity contribution in [3.8, 4) is 0 Å². The molecule has 0 radical (unpaired) electrons. The molecule has 0 saturated carbocycles. The van der Waals surface area contributed by atoms with E-state index in [2.05, 4.69) is 10.1 Å². The second kappa shape index (κ2) is 6.78. The van der Waals surface area contributed by atoms with Gasteiger partial charge in [0.25, 0.3) is 0 Å². The molecule has 0 aromatic rings. The molecule has 0 fully saturated rings. The van der Waals surface area contributed by atoms with Gasteiger partial charge in [-0.25, -0.2) is 4.79 Å². The largest absolute Gasteiger partial charge is 0.479 e. The van der Waals surface area contributed by atoms with Gasteiger partial charge < -0.3 is 20.9 Å². The van der Waals surface area contributed by atoms with Crippen molar-refractivity contribution in [1.82, 2.24) is 5.32 Å². The number of carboxylic acids is 1. The summed E-state index contributed by atoms with van der Waals surface area (Å²) < 4.78 is 4.30. The van der Waals surface area contributed by atoms with Crippen molar-refractivity contribution < 1.29 is 24.2 Å². The molecule has 1 amide bonds. The van der Waals surface area contributed by atoms with Crippen molar-refractivity contribution in [3.05, 3.63) is 0 Å². The van der Waals surface area contributed by atoms with E-state index in [1.54, 1.807) is 13.8 Å². The van der Waals surface area contributed by atoms with E-state index in [0.29, 0.717) is 0 Å². The third-order valence-electron chi connectivity index (χ3n) is 1.78. The fraction of sp³-hybridized carbons (Fsp3) is 0.667. The minimum absolute atomic E-state index is 0.0463. The van der Waals surface area contributed by atoms with E-state index in [1.807, 2.05) is 0 Å². The molecule has 4 N–H and O–H groups in total. The molecule has 0 aliphatic rings. The van der Waals surface area contributed by atoms with Gasteiger partial charge in [-0.05, 0) is 5.92 Å². The number of esters is 1. The van der Waals surface area contributed by atoms with Gasteiger partial charge in [0, 0.05) is 0 Å². The third kappa shape index (κ3) is 5.97. The Bertz CT molecular complexity index is 277. The Kier molecular flexibility index (Phi) is 6.09. The highest BCUT2D eigenvalue weighted by atomic mass is 16.5. The van der Waals surface area contributed by atoms with Crippen molar-refractivity contribution in [2.45, 2.75) is 19.9 Å². The molecule has 0 aromatic carbocycles. The van der Waals surface area contributed by atoms with E-state index in [4.69, 9.17) is 10.8 Å². The molecule has 0 bridgehead atoms. The zero-order chi connectivity index (χ0) is 12.7. The first-order chi connectivity index (χ1) is 7.34. The Labute approximate surface area is 92.9 Å². The average molecular weight is 232 g/mol. The molecule has 0 spiro atoms. The third-order valence-corrected chi connectivity index (χ3v) is 1.78. The summed E-state index contributed by atoms with van der Waals surface area (Å²) in [7, 11) is 0. The summed E-state index contributed by atoms with van der Waals surface area (Å²) >= 11 is 0. The summed E-state index contributed by atoms with van der Waals surface area (Å²) in [4.78, 5) is 32.2. The van der Waals surface area contributed by atoms with Gasteiger partial charge in [-0.2, -0.15) is 0 Å². The van der Waals surface area contributed by atoms with Crippen molar-refractivity contribution >= 4 is 17.8 Å². The van der Waals surface area contributed by atoms with Crippen LogP contribution in [0.4, 0.5) is 0 Å². The molecule has 92 valence electrons. The highest BCUT2D eigenvalue weighted by molar-refractivity contribution is 5.86. The number of nitrogens with two attached hydrogens (primary N) is 1. The molecular formula is C9H16N2O5. The van der Waals surface area contributed by atoms with Crippen molar-refractivity contribution in [2.75, 3.05) is 13.2 Å². The quantitative estimate of drug-likeness (QED) is 0.490. The summed E-state index contributed by atoms with van der Waals surface area (Å²) in [5.74, 6) is -2.58. The topological polar surface area (TPSA) is 119 Å². The molecule has 0 heterocycles. The molecule has 0 saturated heterocycles. The standard InChI is InChI=1S/C9H16N2O5/c1-5(2)8(10)9(15)11-3-7(14)16-4-6(12)13/h5,8H,3-4,10H2,1-2H3,(H,11,15)(H,12,13). The number of hydrogen-bond acceptors (Lipinski definition) is 5. The second-order valence-electron chi connectivity index (χ2n) is 3.54. The molecule has 7 nitrogen and oxygen atoms in total. The van der Waals surface area contributed by atoms with Crippen LogP contribution in [0, 0.1) is 5.92 Å². The highest BCUT2D eigenvalue weighted by Crippen LogP contribution is 1.97. The number of carboxylic acid groups (broad SMARTS) is 1. The van der Waals surface area contributed by atoms with Crippen LogP contribution in [0.1, 0.15) is 13.8 Å². The number of hydrogen-bond donors (Lipinski definition) is 3. The van der Waals surface area contributed by atoms with E-state index in [0.717, 1.165) is 0 Å². The van der Waals surface area contributed by atoms with Gasteiger partial charge in [0.1, 0.15) is 6.54 Å². The summed E-state index contributed by atoms with van der Waals surface area (Å²) in [6.07, 6.45) is 0.